The van der Waals surface area contributed by atoms with Gasteiger partial charge < -0.3 is 25.5 Å². The van der Waals surface area contributed by atoms with E-state index in [2.05, 4.69) is 6.92 Å². The number of carbonyl (C=O) groups is 1. The van der Waals surface area contributed by atoms with E-state index < -0.39 is 39.8 Å². The number of carbonyl (C=O) groups excluding carboxylic acids is 1. The number of hydrogen-bond donors (Lipinski definition) is 5. The topological polar surface area (TPSA) is 118 Å². The summed E-state index contributed by atoms with van der Waals surface area (Å²) >= 11 is 0. The van der Waals surface area contributed by atoms with Gasteiger partial charge in [-0.15, -0.1) is 0 Å². The Morgan fingerprint density at radius 2 is 1.67 bits per heavy atom. The summed E-state index contributed by atoms with van der Waals surface area (Å²) in [6, 6.07) is 0. The fourth-order valence-electron chi connectivity index (χ4n) is 8.42. The van der Waals surface area contributed by atoms with Gasteiger partial charge in [-0.05, 0) is 107 Å². The number of rotatable bonds is 5. The Bertz CT molecular complexity index is 827. The standard InChI is InChI=1S/C27H44O6/c1-23(2,31)9-6-10-26(5,32)22-8-12-27(33)17-13-19(28)18-14-20(29)21(30)15-24(18,3)16(17)7-11-25(22,27)4/h13,16,18,20-22,29-33H,6-12,14-15H2,1-5H3/t16?,18?,20-,21+,22+,24-,25-,26+,27-/m1/s1. The van der Waals surface area contributed by atoms with Gasteiger partial charge >= 0.3 is 0 Å². The van der Waals surface area contributed by atoms with Crippen molar-refractivity contribution in [3.8, 4) is 0 Å². The number of aliphatic hydroxyl groups excluding tert-OH is 2. The predicted molar refractivity (Wildman–Crippen MR) is 125 cm³/mol. The molecule has 4 aliphatic rings. The second-order valence-corrected chi connectivity index (χ2v) is 13.1. The van der Waals surface area contributed by atoms with Crippen LogP contribution in [-0.2, 0) is 4.79 Å². The van der Waals surface area contributed by atoms with E-state index in [1.54, 1.807) is 19.9 Å². The molecule has 6 heteroatoms. The zero-order valence-electron chi connectivity index (χ0n) is 21.0. The molecule has 0 heterocycles. The van der Waals surface area contributed by atoms with Crippen LogP contribution >= 0.6 is 0 Å². The van der Waals surface area contributed by atoms with E-state index in [4.69, 9.17) is 0 Å². The van der Waals surface area contributed by atoms with Crippen LogP contribution in [0.3, 0.4) is 0 Å². The molecule has 0 saturated heterocycles. The van der Waals surface area contributed by atoms with Crippen molar-refractivity contribution < 1.29 is 30.3 Å². The molecule has 0 aromatic rings. The van der Waals surface area contributed by atoms with Crippen molar-refractivity contribution in [1.82, 2.24) is 0 Å². The van der Waals surface area contributed by atoms with Gasteiger partial charge in [-0.2, -0.15) is 0 Å². The summed E-state index contributed by atoms with van der Waals surface area (Å²) < 4.78 is 0. The molecule has 3 saturated carbocycles. The summed E-state index contributed by atoms with van der Waals surface area (Å²) in [6.07, 6.45) is 5.14. The molecular formula is C27H44O6. The molecule has 33 heavy (non-hydrogen) atoms. The Kier molecular flexibility index (Phi) is 6.03. The molecule has 4 rings (SSSR count). The lowest BCUT2D eigenvalue weighted by atomic mass is 9.45. The lowest BCUT2D eigenvalue weighted by Gasteiger charge is -2.60. The first-order chi connectivity index (χ1) is 15.1. The van der Waals surface area contributed by atoms with E-state index in [1.165, 1.54) is 0 Å². The van der Waals surface area contributed by atoms with Crippen molar-refractivity contribution in [3.63, 3.8) is 0 Å². The molecule has 0 amide bonds. The molecular weight excluding hydrogens is 420 g/mol. The average Bonchev–Trinajstić information content (AvgIpc) is 2.95. The van der Waals surface area contributed by atoms with E-state index in [1.807, 2.05) is 13.8 Å². The van der Waals surface area contributed by atoms with Gasteiger partial charge in [0, 0.05) is 11.3 Å². The van der Waals surface area contributed by atoms with Crippen molar-refractivity contribution in [3.05, 3.63) is 11.6 Å². The zero-order valence-corrected chi connectivity index (χ0v) is 21.0. The highest BCUT2D eigenvalue weighted by atomic mass is 16.3. The van der Waals surface area contributed by atoms with Crippen LogP contribution in [0, 0.1) is 28.6 Å². The molecule has 0 aromatic carbocycles. The van der Waals surface area contributed by atoms with Crippen molar-refractivity contribution in [1.29, 1.82) is 0 Å². The highest BCUT2D eigenvalue weighted by Gasteiger charge is 2.68. The van der Waals surface area contributed by atoms with E-state index >= 15 is 0 Å². The molecule has 4 aliphatic carbocycles. The lowest BCUT2D eigenvalue weighted by molar-refractivity contribution is -0.160. The van der Waals surface area contributed by atoms with Crippen LogP contribution in [0.25, 0.3) is 0 Å². The minimum absolute atomic E-state index is 0.0145. The van der Waals surface area contributed by atoms with Crippen LogP contribution in [-0.4, -0.2) is 60.3 Å². The fourth-order valence-corrected chi connectivity index (χ4v) is 8.42. The maximum Gasteiger partial charge on any atom is 0.159 e. The quantitative estimate of drug-likeness (QED) is 0.427. The summed E-state index contributed by atoms with van der Waals surface area (Å²) in [6.45, 7) is 9.54. The molecule has 3 fully saturated rings. The molecule has 0 aromatic heterocycles. The van der Waals surface area contributed by atoms with Crippen molar-refractivity contribution >= 4 is 5.78 Å². The minimum Gasteiger partial charge on any atom is -0.390 e. The molecule has 0 radical (unpaired) electrons. The Balaban J connectivity index is 1.64. The first-order valence-corrected chi connectivity index (χ1v) is 12.8. The van der Waals surface area contributed by atoms with E-state index in [0.717, 1.165) is 18.4 Å². The van der Waals surface area contributed by atoms with Gasteiger partial charge in [0.05, 0.1) is 29.0 Å². The van der Waals surface area contributed by atoms with Gasteiger partial charge in [-0.25, -0.2) is 0 Å². The van der Waals surface area contributed by atoms with Crippen LogP contribution in [0.4, 0.5) is 0 Å². The summed E-state index contributed by atoms with van der Waals surface area (Å²) in [5.74, 6) is -0.509. The van der Waals surface area contributed by atoms with Crippen LogP contribution in [0.1, 0.15) is 92.4 Å². The molecule has 0 aliphatic heterocycles. The van der Waals surface area contributed by atoms with Gasteiger partial charge in [0.2, 0.25) is 0 Å². The Labute approximate surface area is 198 Å². The van der Waals surface area contributed by atoms with Gasteiger partial charge in [-0.1, -0.05) is 13.8 Å². The number of ketones is 1. The van der Waals surface area contributed by atoms with E-state index in [9.17, 15) is 30.3 Å². The summed E-state index contributed by atoms with van der Waals surface area (Å²) in [5.41, 5.74) is -3.15. The van der Waals surface area contributed by atoms with Gasteiger partial charge in [0.25, 0.3) is 0 Å². The summed E-state index contributed by atoms with van der Waals surface area (Å²) in [7, 11) is 0. The second-order valence-electron chi connectivity index (χ2n) is 13.1. The van der Waals surface area contributed by atoms with Crippen molar-refractivity contribution in [2.24, 2.45) is 28.6 Å². The molecule has 0 spiro atoms. The maximum absolute atomic E-state index is 13.2. The highest BCUT2D eigenvalue weighted by Crippen LogP contribution is 2.68. The molecule has 6 nitrogen and oxygen atoms in total. The monoisotopic (exact) mass is 464 g/mol. The first kappa shape index (κ1) is 25.3. The number of allylic oxidation sites excluding steroid dienone is 1. The fraction of sp³-hybridized carbons (Fsp3) is 0.889. The number of fused-ring (bicyclic) bond motifs is 5. The number of aliphatic hydroxyl groups is 5. The number of hydrogen-bond acceptors (Lipinski definition) is 6. The van der Waals surface area contributed by atoms with Crippen molar-refractivity contribution in [2.75, 3.05) is 0 Å². The van der Waals surface area contributed by atoms with Crippen LogP contribution < -0.4 is 0 Å². The maximum atomic E-state index is 13.2. The molecule has 0 bridgehead atoms. The van der Waals surface area contributed by atoms with Crippen LogP contribution in [0.5, 0.6) is 0 Å². The first-order valence-electron chi connectivity index (χ1n) is 12.8. The molecule has 188 valence electrons. The molecule has 5 N–H and O–H groups in total. The van der Waals surface area contributed by atoms with E-state index in [-0.39, 0.29) is 30.0 Å². The zero-order chi connectivity index (χ0) is 24.6. The lowest BCUT2D eigenvalue weighted by Crippen LogP contribution is -2.61. The Morgan fingerprint density at radius 3 is 2.30 bits per heavy atom. The van der Waals surface area contributed by atoms with Crippen LogP contribution in [0.2, 0.25) is 0 Å². The highest BCUT2D eigenvalue weighted by molar-refractivity contribution is 5.95. The second kappa shape index (κ2) is 7.86. The third-order valence-corrected chi connectivity index (χ3v) is 10.3. The smallest absolute Gasteiger partial charge is 0.159 e. The third kappa shape index (κ3) is 3.85. The summed E-state index contributed by atoms with van der Waals surface area (Å²) in [5, 5.41) is 54.5. The normalized spacial score (nSPS) is 47.3. The van der Waals surface area contributed by atoms with Crippen LogP contribution in [0.15, 0.2) is 11.6 Å². The minimum atomic E-state index is -1.16. The third-order valence-electron chi connectivity index (χ3n) is 10.3. The Morgan fingerprint density at radius 1 is 1.00 bits per heavy atom. The molecule has 9 atom stereocenters. The average molecular weight is 465 g/mol. The van der Waals surface area contributed by atoms with E-state index in [0.29, 0.717) is 38.5 Å². The van der Waals surface area contributed by atoms with Gasteiger partial charge in [0.1, 0.15) is 0 Å². The predicted octanol–water partition coefficient (Wildman–Crippen LogP) is 2.88. The molecule has 2 unspecified atom stereocenters. The summed E-state index contributed by atoms with van der Waals surface area (Å²) in [4.78, 5) is 13.2. The SMILES string of the molecule is CC(C)(O)CCC[C@](C)(O)[C@H]1CC[C@@]2(O)C3=CC(=O)C4C[C@@H](O)[C@@H](O)C[C@]4(C)C3CC[C@]12C. The van der Waals surface area contributed by atoms with Crippen molar-refractivity contribution in [2.45, 2.75) is 121 Å². The van der Waals surface area contributed by atoms with Gasteiger partial charge in [-0.3, -0.25) is 4.79 Å². The largest absolute Gasteiger partial charge is 0.390 e. The van der Waals surface area contributed by atoms with Gasteiger partial charge in [0.15, 0.2) is 5.78 Å². The Hall–Kier alpha value is -0.790.